The molecule has 2 aromatic carbocycles. The van der Waals surface area contributed by atoms with Gasteiger partial charge in [-0.3, -0.25) is 0 Å². The van der Waals surface area contributed by atoms with Gasteiger partial charge in [-0.15, -0.1) is 0 Å². The quantitative estimate of drug-likeness (QED) is 0.885. The van der Waals surface area contributed by atoms with E-state index in [0.717, 1.165) is 15.8 Å². The fraction of sp³-hybridized carbons (Fsp3) is 0.200. The van der Waals surface area contributed by atoms with E-state index in [-0.39, 0.29) is 12.1 Å². The Bertz CT molecular complexity index is 542. The van der Waals surface area contributed by atoms with Crippen molar-refractivity contribution in [3.63, 3.8) is 0 Å². The lowest BCUT2D eigenvalue weighted by molar-refractivity contribution is 0.180. The van der Waals surface area contributed by atoms with Gasteiger partial charge in [0.05, 0.1) is 0 Å². The molecule has 0 spiro atoms. The van der Waals surface area contributed by atoms with Gasteiger partial charge in [0.1, 0.15) is 11.9 Å². The van der Waals surface area contributed by atoms with E-state index >= 15 is 0 Å². The molecule has 19 heavy (non-hydrogen) atoms. The van der Waals surface area contributed by atoms with Crippen LogP contribution in [-0.2, 0) is 0 Å². The van der Waals surface area contributed by atoms with E-state index in [1.54, 1.807) is 12.1 Å². The zero-order valence-corrected chi connectivity index (χ0v) is 12.9. The van der Waals surface area contributed by atoms with Crippen molar-refractivity contribution in [2.24, 2.45) is 5.73 Å². The Kier molecular flexibility index (Phi) is 4.86. The Hall–Kier alpha value is -1.03. The fourth-order valence-electron chi connectivity index (χ4n) is 1.82. The summed E-state index contributed by atoms with van der Waals surface area (Å²) in [7, 11) is 0. The summed E-state index contributed by atoms with van der Waals surface area (Å²) in [5.74, 6) is 0.756. The number of hydrogen-bond donors (Lipinski definition) is 1. The van der Waals surface area contributed by atoms with E-state index in [4.69, 9.17) is 22.1 Å². The predicted molar refractivity (Wildman–Crippen MR) is 82.6 cm³/mol. The molecule has 2 N–H and O–H groups in total. The fourth-order valence-corrected chi connectivity index (χ4v) is 2.37. The lowest BCUT2D eigenvalue weighted by atomic mass is 10.0. The maximum Gasteiger partial charge on any atom is 0.138 e. The molecule has 0 aromatic heterocycles. The summed E-state index contributed by atoms with van der Waals surface area (Å²) >= 11 is 9.32. The van der Waals surface area contributed by atoms with E-state index < -0.39 is 0 Å². The van der Waals surface area contributed by atoms with Gasteiger partial charge < -0.3 is 10.5 Å². The van der Waals surface area contributed by atoms with E-state index in [0.29, 0.717) is 5.02 Å². The van der Waals surface area contributed by atoms with E-state index in [9.17, 15) is 0 Å². The summed E-state index contributed by atoms with van der Waals surface area (Å²) in [6, 6.07) is 15.1. The number of halogens is 2. The number of benzene rings is 2. The number of rotatable bonds is 4. The summed E-state index contributed by atoms with van der Waals surface area (Å²) in [5.41, 5.74) is 7.07. The first-order valence-electron chi connectivity index (χ1n) is 5.99. The number of nitrogens with two attached hydrogens (primary N) is 1. The van der Waals surface area contributed by atoms with Crippen LogP contribution in [0.4, 0.5) is 0 Å². The second-order valence-corrected chi connectivity index (χ2v) is 5.76. The van der Waals surface area contributed by atoms with Gasteiger partial charge in [-0.25, -0.2) is 0 Å². The van der Waals surface area contributed by atoms with Gasteiger partial charge in [-0.2, -0.15) is 0 Å². The van der Waals surface area contributed by atoms with Crippen LogP contribution in [0.15, 0.2) is 53.0 Å². The summed E-state index contributed by atoms with van der Waals surface area (Å²) in [5, 5.41) is 0.687. The molecule has 0 aliphatic rings. The third-order valence-electron chi connectivity index (χ3n) is 2.73. The smallest absolute Gasteiger partial charge is 0.138 e. The molecule has 0 saturated carbocycles. The molecule has 0 bridgehead atoms. The standard InChI is InChI=1S/C15H15BrClNO/c1-10(18)15(11-3-2-4-12(16)9-11)19-14-7-5-13(17)6-8-14/h2-10,15H,18H2,1H3. The largest absolute Gasteiger partial charge is 0.484 e. The van der Waals surface area contributed by atoms with Crippen LogP contribution in [0.5, 0.6) is 5.75 Å². The van der Waals surface area contributed by atoms with Gasteiger partial charge >= 0.3 is 0 Å². The minimum absolute atomic E-state index is 0.120. The number of ether oxygens (including phenoxy) is 1. The van der Waals surface area contributed by atoms with Crippen molar-refractivity contribution in [1.29, 1.82) is 0 Å². The third-order valence-corrected chi connectivity index (χ3v) is 3.48. The minimum atomic E-state index is -0.196. The van der Waals surface area contributed by atoms with Crippen LogP contribution in [0.25, 0.3) is 0 Å². The zero-order valence-electron chi connectivity index (χ0n) is 10.5. The molecular weight excluding hydrogens is 326 g/mol. The minimum Gasteiger partial charge on any atom is -0.484 e. The van der Waals surface area contributed by atoms with Crippen molar-refractivity contribution in [2.45, 2.75) is 19.1 Å². The van der Waals surface area contributed by atoms with Crippen LogP contribution in [0.3, 0.4) is 0 Å². The van der Waals surface area contributed by atoms with Crippen LogP contribution in [0.1, 0.15) is 18.6 Å². The van der Waals surface area contributed by atoms with Crippen molar-refractivity contribution in [3.05, 3.63) is 63.6 Å². The second-order valence-electron chi connectivity index (χ2n) is 4.41. The molecular formula is C15H15BrClNO. The summed E-state index contributed by atoms with van der Waals surface area (Å²) < 4.78 is 6.98. The molecule has 0 fully saturated rings. The van der Waals surface area contributed by atoms with Gasteiger partial charge in [-0.05, 0) is 48.9 Å². The second kappa shape index (κ2) is 6.42. The molecule has 2 aromatic rings. The first-order valence-corrected chi connectivity index (χ1v) is 7.16. The van der Waals surface area contributed by atoms with Gasteiger partial charge in [0.15, 0.2) is 0 Å². The van der Waals surface area contributed by atoms with Crippen molar-refractivity contribution >= 4 is 27.5 Å². The maximum atomic E-state index is 6.03. The highest BCUT2D eigenvalue weighted by molar-refractivity contribution is 9.10. The summed E-state index contributed by atoms with van der Waals surface area (Å²) in [4.78, 5) is 0. The highest BCUT2D eigenvalue weighted by Crippen LogP contribution is 2.27. The lowest BCUT2D eigenvalue weighted by Crippen LogP contribution is -2.29. The van der Waals surface area contributed by atoms with E-state index in [2.05, 4.69) is 15.9 Å². The van der Waals surface area contributed by atoms with Crippen LogP contribution >= 0.6 is 27.5 Å². The third kappa shape index (κ3) is 3.96. The van der Waals surface area contributed by atoms with E-state index in [1.807, 2.05) is 43.3 Å². The predicted octanol–water partition coefficient (Wildman–Crippen LogP) is 4.57. The average Bonchev–Trinajstić information content (AvgIpc) is 2.37. The Morgan fingerprint density at radius 2 is 1.84 bits per heavy atom. The Labute approximate surface area is 126 Å². The molecule has 0 heterocycles. The summed E-state index contributed by atoms with van der Waals surface area (Å²) in [6.45, 7) is 1.93. The molecule has 0 aliphatic heterocycles. The van der Waals surface area contributed by atoms with Crippen molar-refractivity contribution < 1.29 is 4.74 Å². The molecule has 100 valence electrons. The lowest BCUT2D eigenvalue weighted by Gasteiger charge is -2.23. The molecule has 2 nitrogen and oxygen atoms in total. The van der Waals surface area contributed by atoms with Gasteiger partial charge in [-0.1, -0.05) is 39.7 Å². The van der Waals surface area contributed by atoms with Crippen LogP contribution in [0, 0.1) is 0 Å². The van der Waals surface area contributed by atoms with Gasteiger partial charge in [0.25, 0.3) is 0 Å². The SMILES string of the molecule is CC(N)C(Oc1ccc(Cl)cc1)c1cccc(Br)c1. The molecule has 0 amide bonds. The van der Waals surface area contributed by atoms with E-state index in [1.165, 1.54) is 0 Å². The first-order chi connectivity index (χ1) is 9.06. The van der Waals surface area contributed by atoms with Crippen molar-refractivity contribution in [1.82, 2.24) is 0 Å². The van der Waals surface area contributed by atoms with Gasteiger partial charge in [0, 0.05) is 15.5 Å². The van der Waals surface area contributed by atoms with Crippen LogP contribution < -0.4 is 10.5 Å². The van der Waals surface area contributed by atoms with Crippen LogP contribution in [-0.4, -0.2) is 6.04 Å². The van der Waals surface area contributed by atoms with Gasteiger partial charge in [0.2, 0.25) is 0 Å². The Morgan fingerprint density at radius 3 is 2.42 bits per heavy atom. The Morgan fingerprint density at radius 1 is 1.16 bits per heavy atom. The molecule has 2 unspecified atom stereocenters. The monoisotopic (exact) mass is 339 g/mol. The highest BCUT2D eigenvalue weighted by Gasteiger charge is 2.18. The molecule has 0 saturated heterocycles. The molecule has 0 aliphatic carbocycles. The molecule has 2 atom stereocenters. The normalized spacial score (nSPS) is 13.9. The number of hydrogen-bond acceptors (Lipinski definition) is 2. The van der Waals surface area contributed by atoms with Crippen molar-refractivity contribution in [3.8, 4) is 5.75 Å². The first kappa shape index (κ1) is 14.4. The average molecular weight is 341 g/mol. The molecule has 0 radical (unpaired) electrons. The van der Waals surface area contributed by atoms with Crippen LogP contribution in [0.2, 0.25) is 5.02 Å². The van der Waals surface area contributed by atoms with Crippen molar-refractivity contribution in [2.75, 3.05) is 0 Å². The Balaban J connectivity index is 2.23. The molecule has 4 heteroatoms. The zero-order chi connectivity index (χ0) is 13.8. The topological polar surface area (TPSA) is 35.2 Å². The highest BCUT2D eigenvalue weighted by atomic mass is 79.9. The maximum absolute atomic E-state index is 6.03. The summed E-state index contributed by atoms with van der Waals surface area (Å²) in [6.07, 6.45) is -0.196. The molecule has 2 rings (SSSR count).